The van der Waals surface area contributed by atoms with Gasteiger partial charge in [-0.1, -0.05) is 0 Å². The summed E-state index contributed by atoms with van der Waals surface area (Å²) in [5.74, 6) is 0. The maximum atomic E-state index is 12.2. The highest BCUT2D eigenvalue weighted by atomic mass is 19.4. The quantitative estimate of drug-likeness (QED) is 0.850. The first-order valence-corrected chi connectivity index (χ1v) is 4.67. The van der Waals surface area contributed by atoms with Crippen molar-refractivity contribution in [3.8, 4) is 0 Å². The van der Waals surface area contributed by atoms with E-state index in [1.54, 1.807) is 6.92 Å². The number of hydrogen-bond acceptors (Lipinski definition) is 2. The van der Waals surface area contributed by atoms with Crippen LogP contribution in [-0.2, 0) is 6.18 Å². The predicted octanol–water partition coefficient (Wildman–Crippen LogP) is 2.20. The molecule has 2 N–H and O–H groups in total. The molecule has 2 unspecified atom stereocenters. The molecule has 0 radical (unpaired) electrons. The molecule has 1 heterocycles. The molecule has 1 rings (SSSR count). The number of alkyl halides is 3. The Balaban J connectivity index is 2.76. The summed E-state index contributed by atoms with van der Waals surface area (Å²) in [5, 5.41) is 3.68. The Labute approximate surface area is 86.1 Å². The molecule has 0 saturated carbocycles. The minimum atomic E-state index is -4.33. The Morgan fingerprint density at radius 3 is 2.47 bits per heavy atom. The molecule has 1 aromatic rings. The van der Waals surface area contributed by atoms with Gasteiger partial charge >= 0.3 is 6.18 Å². The molecule has 1 aromatic heterocycles. The molecular formula is C9H14F3N3. The van der Waals surface area contributed by atoms with Crippen LogP contribution in [0.5, 0.6) is 0 Å². The van der Waals surface area contributed by atoms with E-state index in [0.717, 1.165) is 12.4 Å². The first-order chi connectivity index (χ1) is 6.80. The van der Waals surface area contributed by atoms with Crippen molar-refractivity contribution >= 4 is 0 Å². The van der Waals surface area contributed by atoms with Crippen LogP contribution in [0.2, 0.25) is 0 Å². The van der Waals surface area contributed by atoms with Gasteiger partial charge in [-0.3, -0.25) is 4.68 Å². The summed E-state index contributed by atoms with van der Waals surface area (Å²) in [7, 11) is 0. The zero-order chi connectivity index (χ0) is 11.6. The molecule has 6 heteroatoms. The van der Waals surface area contributed by atoms with Gasteiger partial charge in [0.1, 0.15) is 0 Å². The lowest BCUT2D eigenvalue weighted by atomic mass is 10.1. The smallest absolute Gasteiger partial charge is 0.328 e. The van der Waals surface area contributed by atoms with E-state index >= 15 is 0 Å². The van der Waals surface area contributed by atoms with Crippen LogP contribution in [0.1, 0.15) is 31.9 Å². The number of hydrogen-bond donors (Lipinski definition) is 1. The summed E-state index contributed by atoms with van der Waals surface area (Å²) in [6.07, 6.45) is -1.89. The Morgan fingerprint density at radius 1 is 1.47 bits per heavy atom. The average molecular weight is 221 g/mol. The van der Waals surface area contributed by atoms with Crippen LogP contribution in [0, 0.1) is 0 Å². The molecule has 0 aromatic carbocycles. The molecule has 0 aliphatic carbocycles. The van der Waals surface area contributed by atoms with E-state index in [9.17, 15) is 13.2 Å². The maximum absolute atomic E-state index is 12.2. The lowest BCUT2D eigenvalue weighted by Gasteiger charge is -2.14. The second-order valence-corrected chi connectivity index (χ2v) is 3.77. The van der Waals surface area contributed by atoms with E-state index < -0.39 is 11.7 Å². The maximum Gasteiger partial charge on any atom is 0.419 e. The van der Waals surface area contributed by atoms with Crippen LogP contribution in [0.4, 0.5) is 13.2 Å². The average Bonchev–Trinajstić information content (AvgIpc) is 2.48. The van der Waals surface area contributed by atoms with Gasteiger partial charge < -0.3 is 5.73 Å². The van der Waals surface area contributed by atoms with Crippen molar-refractivity contribution in [2.24, 2.45) is 5.73 Å². The zero-order valence-electron chi connectivity index (χ0n) is 8.62. The summed E-state index contributed by atoms with van der Waals surface area (Å²) in [4.78, 5) is 0. The Hall–Kier alpha value is -1.04. The SMILES string of the molecule is CC(N)CC(C)n1cc(C(F)(F)F)cn1. The monoisotopic (exact) mass is 221 g/mol. The highest BCUT2D eigenvalue weighted by molar-refractivity contribution is 5.08. The zero-order valence-corrected chi connectivity index (χ0v) is 8.62. The highest BCUT2D eigenvalue weighted by Crippen LogP contribution is 2.29. The van der Waals surface area contributed by atoms with Crippen molar-refractivity contribution in [1.82, 2.24) is 9.78 Å². The van der Waals surface area contributed by atoms with Gasteiger partial charge in [0.2, 0.25) is 0 Å². The minimum absolute atomic E-state index is 0.0569. The molecule has 0 aliphatic rings. The van der Waals surface area contributed by atoms with Gasteiger partial charge in [0.25, 0.3) is 0 Å². The summed E-state index contributed by atoms with van der Waals surface area (Å²) in [6, 6.07) is -0.181. The van der Waals surface area contributed by atoms with E-state index in [4.69, 9.17) is 5.73 Å². The van der Waals surface area contributed by atoms with Gasteiger partial charge in [0.05, 0.1) is 17.8 Å². The Kier molecular flexibility index (Phi) is 3.38. The summed E-state index contributed by atoms with van der Waals surface area (Å²) >= 11 is 0. The summed E-state index contributed by atoms with van der Waals surface area (Å²) < 4.78 is 38.0. The third-order valence-electron chi connectivity index (χ3n) is 2.09. The van der Waals surface area contributed by atoms with Crippen molar-refractivity contribution in [3.63, 3.8) is 0 Å². The van der Waals surface area contributed by atoms with Crippen LogP contribution < -0.4 is 5.73 Å². The molecule has 0 spiro atoms. The number of nitrogens with zero attached hydrogens (tertiary/aromatic N) is 2. The third-order valence-corrected chi connectivity index (χ3v) is 2.09. The van der Waals surface area contributed by atoms with Crippen molar-refractivity contribution in [2.45, 2.75) is 38.5 Å². The van der Waals surface area contributed by atoms with Gasteiger partial charge in [0.15, 0.2) is 0 Å². The molecule has 0 amide bonds. The fraction of sp³-hybridized carbons (Fsp3) is 0.667. The minimum Gasteiger partial charge on any atom is -0.328 e. The molecule has 2 atom stereocenters. The van der Waals surface area contributed by atoms with Crippen LogP contribution in [-0.4, -0.2) is 15.8 Å². The van der Waals surface area contributed by atoms with Gasteiger partial charge in [-0.15, -0.1) is 0 Å². The number of halogens is 3. The molecular weight excluding hydrogens is 207 g/mol. The second-order valence-electron chi connectivity index (χ2n) is 3.77. The number of nitrogens with two attached hydrogens (primary N) is 1. The molecule has 0 aliphatic heterocycles. The summed E-state index contributed by atoms with van der Waals surface area (Å²) in [6.45, 7) is 3.60. The third kappa shape index (κ3) is 3.23. The number of aromatic nitrogens is 2. The van der Waals surface area contributed by atoms with Gasteiger partial charge in [-0.25, -0.2) is 0 Å². The Bertz CT molecular complexity index is 317. The van der Waals surface area contributed by atoms with Crippen LogP contribution in [0.15, 0.2) is 12.4 Å². The van der Waals surface area contributed by atoms with Gasteiger partial charge in [0, 0.05) is 12.2 Å². The normalized spacial score (nSPS) is 16.4. The first kappa shape index (κ1) is 12.0. The molecule has 3 nitrogen and oxygen atoms in total. The first-order valence-electron chi connectivity index (χ1n) is 4.67. The standard InChI is InChI=1S/C9H14F3N3/c1-6(13)3-7(2)15-5-8(4-14-15)9(10,11)12/h4-7H,3,13H2,1-2H3. The van der Waals surface area contributed by atoms with Crippen molar-refractivity contribution in [3.05, 3.63) is 18.0 Å². The van der Waals surface area contributed by atoms with Crippen molar-refractivity contribution in [2.75, 3.05) is 0 Å². The molecule has 15 heavy (non-hydrogen) atoms. The lowest BCUT2D eigenvalue weighted by Crippen LogP contribution is -2.20. The second kappa shape index (κ2) is 4.22. The number of rotatable bonds is 3. The van der Waals surface area contributed by atoms with Crippen LogP contribution in [0.25, 0.3) is 0 Å². The van der Waals surface area contributed by atoms with E-state index in [-0.39, 0.29) is 12.1 Å². The highest BCUT2D eigenvalue weighted by Gasteiger charge is 2.32. The fourth-order valence-electron chi connectivity index (χ4n) is 1.37. The van der Waals surface area contributed by atoms with Crippen LogP contribution in [0.3, 0.4) is 0 Å². The molecule has 0 bridgehead atoms. The predicted molar refractivity (Wildman–Crippen MR) is 50.2 cm³/mol. The van der Waals surface area contributed by atoms with Crippen LogP contribution >= 0.6 is 0 Å². The molecule has 0 saturated heterocycles. The topological polar surface area (TPSA) is 43.8 Å². The van der Waals surface area contributed by atoms with Gasteiger partial charge in [-0.05, 0) is 20.3 Å². The van der Waals surface area contributed by atoms with Crippen molar-refractivity contribution in [1.29, 1.82) is 0 Å². The van der Waals surface area contributed by atoms with E-state index in [2.05, 4.69) is 5.10 Å². The van der Waals surface area contributed by atoms with E-state index in [1.165, 1.54) is 4.68 Å². The molecule has 0 fully saturated rings. The van der Waals surface area contributed by atoms with Gasteiger partial charge in [-0.2, -0.15) is 18.3 Å². The van der Waals surface area contributed by atoms with Crippen molar-refractivity contribution < 1.29 is 13.2 Å². The van der Waals surface area contributed by atoms with E-state index in [0.29, 0.717) is 6.42 Å². The molecule has 86 valence electrons. The van der Waals surface area contributed by atoms with E-state index in [1.807, 2.05) is 6.92 Å². The fourth-order valence-corrected chi connectivity index (χ4v) is 1.37. The Morgan fingerprint density at radius 2 is 2.07 bits per heavy atom. The lowest BCUT2D eigenvalue weighted by molar-refractivity contribution is -0.137. The largest absolute Gasteiger partial charge is 0.419 e. The summed E-state index contributed by atoms with van der Waals surface area (Å²) in [5.41, 5.74) is 4.84.